The number of pyridine rings is 1. The topological polar surface area (TPSA) is 72.7 Å². The summed E-state index contributed by atoms with van der Waals surface area (Å²) in [5.41, 5.74) is 5.87. The van der Waals surface area contributed by atoms with E-state index in [1.54, 1.807) is 0 Å². The molecule has 0 bridgehead atoms. The smallest absolute Gasteiger partial charge is 0.230 e. The van der Waals surface area contributed by atoms with E-state index < -0.39 is 0 Å². The molecular weight excluding hydrogens is 466 g/mol. The van der Waals surface area contributed by atoms with Crippen molar-refractivity contribution in [2.24, 2.45) is 0 Å². The van der Waals surface area contributed by atoms with Crippen molar-refractivity contribution in [1.29, 1.82) is 0 Å². The van der Waals surface area contributed by atoms with E-state index >= 15 is 0 Å². The van der Waals surface area contributed by atoms with Gasteiger partial charge in [-0.25, -0.2) is 4.98 Å². The molecule has 5 rings (SSSR count). The lowest BCUT2D eigenvalue weighted by atomic mass is 10.0. The van der Waals surface area contributed by atoms with E-state index in [-0.39, 0.29) is 17.7 Å². The van der Waals surface area contributed by atoms with Gasteiger partial charge < -0.3 is 5.32 Å². The SMILES string of the molecule is Cc1ccc(-c2cc(-c3nnc(SCC(=O)NC(C)C)n3-c3ccccc3)c3ccccc3n2)cc1. The Bertz CT molecular complexity index is 1510. The third-order valence-electron chi connectivity index (χ3n) is 5.73. The van der Waals surface area contributed by atoms with Gasteiger partial charge in [-0.1, -0.05) is 78.0 Å². The second-order valence-corrected chi connectivity index (χ2v) is 9.87. The minimum Gasteiger partial charge on any atom is -0.353 e. The maximum Gasteiger partial charge on any atom is 0.230 e. The van der Waals surface area contributed by atoms with Gasteiger partial charge in [0.25, 0.3) is 0 Å². The maximum absolute atomic E-state index is 12.4. The van der Waals surface area contributed by atoms with Gasteiger partial charge in [-0.05, 0) is 45.0 Å². The fraction of sp³-hybridized carbons (Fsp3) is 0.172. The van der Waals surface area contributed by atoms with Gasteiger partial charge in [-0.3, -0.25) is 9.36 Å². The molecule has 1 N–H and O–H groups in total. The first kappa shape index (κ1) is 23.8. The molecule has 2 heterocycles. The molecule has 0 aliphatic carbocycles. The largest absolute Gasteiger partial charge is 0.353 e. The number of fused-ring (bicyclic) bond motifs is 1. The minimum absolute atomic E-state index is 0.0322. The molecule has 0 radical (unpaired) electrons. The van der Waals surface area contributed by atoms with E-state index in [1.807, 2.05) is 66.9 Å². The first-order valence-electron chi connectivity index (χ1n) is 11.9. The quantitative estimate of drug-likeness (QED) is 0.278. The van der Waals surface area contributed by atoms with Crippen molar-refractivity contribution in [3.05, 3.63) is 90.5 Å². The van der Waals surface area contributed by atoms with Gasteiger partial charge in [0, 0.05) is 28.2 Å². The number of hydrogen-bond donors (Lipinski definition) is 1. The van der Waals surface area contributed by atoms with E-state index in [4.69, 9.17) is 4.98 Å². The van der Waals surface area contributed by atoms with E-state index in [0.29, 0.717) is 11.0 Å². The van der Waals surface area contributed by atoms with Gasteiger partial charge in [-0.2, -0.15) is 0 Å². The lowest BCUT2D eigenvalue weighted by molar-refractivity contribution is -0.119. The molecule has 5 aromatic rings. The molecule has 0 unspecified atom stereocenters. The summed E-state index contributed by atoms with van der Waals surface area (Å²) in [4.78, 5) is 17.3. The number of benzene rings is 3. The number of thioether (sulfide) groups is 1. The second kappa shape index (κ2) is 10.3. The highest BCUT2D eigenvalue weighted by atomic mass is 32.2. The third-order valence-corrected chi connectivity index (χ3v) is 6.66. The van der Waals surface area contributed by atoms with Crippen molar-refractivity contribution in [3.63, 3.8) is 0 Å². The van der Waals surface area contributed by atoms with E-state index in [0.717, 1.165) is 33.4 Å². The lowest BCUT2D eigenvalue weighted by Gasteiger charge is -2.13. The normalized spacial score (nSPS) is 11.2. The van der Waals surface area contributed by atoms with Crippen LogP contribution < -0.4 is 5.32 Å². The van der Waals surface area contributed by atoms with Gasteiger partial charge in [-0.15, -0.1) is 10.2 Å². The summed E-state index contributed by atoms with van der Waals surface area (Å²) in [5.74, 6) is 0.935. The molecule has 3 aromatic carbocycles. The molecule has 36 heavy (non-hydrogen) atoms. The Kier molecular flexibility index (Phi) is 6.82. The predicted octanol–water partition coefficient (Wildman–Crippen LogP) is 6.07. The van der Waals surface area contributed by atoms with Crippen LogP contribution in [0.1, 0.15) is 19.4 Å². The Morgan fingerprint density at radius 2 is 1.67 bits per heavy atom. The number of aryl methyl sites for hydroxylation is 1. The van der Waals surface area contributed by atoms with Crippen LogP contribution in [0.3, 0.4) is 0 Å². The first-order valence-corrected chi connectivity index (χ1v) is 12.9. The van der Waals surface area contributed by atoms with Gasteiger partial charge in [0.2, 0.25) is 5.91 Å². The Labute approximate surface area is 214 Å². The highest BCUT2D eigenvalue weighted by Crippen LogP contribution is 2.34. The number of nitrogens with zero attached hydrogens (tertiary/aromatic N) is 4. The highest BCUT2D eigenvalue weighted by molar-refractivity contribution is 7.99. The average molecular weight is 494 g/mol. The number of nitrogens with one attached hydrogen (secondary N) is 1. The van der Waals surface area contributed by atoms with E-state index in [1.165, 1.54) is 17.3 Å². The molecule has 0 aliphatic heterocycles. The van der Waals surface area contributed by atoms with Crippen LogP contribution in [0.4, 0.5) is 0 Å². The highest BCUT2D eigenvalue weighted by Gasteiger charge is 2.20. The fourth-order valence-electron chi connectivity index (χ4n) is 4.07. The minimum atomic E-state index is -0.0322. The number of carbonyl (C=O) groups is 1. The molecule has 1 amide bonds. The van der Waals surface area contributed by atoms with Gasteiger partial charge in [0.05, 0.1) is 17.0 Å². The summed E-state index contributed by atoms with van der Waals surface area (Å²) < 4.78 is 2.02. The van der Waals surface area contributed by atoms with Crippen LogP contribution in [0.15, 0.2) is 90.1 Å². The van der Waals surface area contributed by atoms with Crippen molar-refractivity contribution in [3.8, 4) is 28.3 Å². The van der Waals surface area contributed by atoms with Crippen molar-refractivity contribution >= 4 is 28.6 Å². The van der Waals surface area contributed by atoms with Crippen molar-refractivity contribution in [2.45, 2.75) is 32.0 Å². The fourth-order valence-corrected chi connectivity index (χ4v) is 4.84. The van der Waals surface area contributed by atoms with Gasteiger partial charge in [0.1, 0.15) is 0 Å². The van der Waals surface area contributed by atoms with Crippen molar-refractivity contribution < 1.29 is 4.79 Å². The zero-order valence-electron chi connectivity index (χ0n) is 20.5. The molecule has 180 valence electrons. The monoisotopic (exact) mass is 493 g/mol. The first-order chi connectivity index (χ1) is 17.5. The molecule has 0 saturated carbocycles. The third kappa shape index (κ3) is 5.02. The van der Waals surface area contributed by atoms with E-state index in [9.17, 15) is 4.79 Å². The summed E-state index contributed by atoms with van der Waals surface area (Å²) >= 11 is 1.38. The summed E-state index contributed by atoms with van der Waals surface area (Å²) in [6.07, 6.45) is 0. The van der Waals surface area contributed by atoms with Crippen LogP contribution in [0.25, 0.3) is 39.2 Å². The number of para-hydroxylation sites is 2. The zero-order valence-corrected chi connectivity index (χ0v) is 21.3. The Morgan fingerprint density at radius 3 is 2.42 bits per heavy atom. The maximum atomic E-state index is 12.4. The van der Waals surface area contributed by atoms with Crippen LogP contribution in [0, 0.1) is 6.92 Å². The number of aromatic nitrogens is 4. The Balaban J connectivity index is 1.66. The zero-order chi connectivity index (χ0) is 25.1. The number of amides is 1. The molecular formula is C29H27N5OS. The molecule has 0 aliphatic rings. The van der Waals surface area contributed by atoms with Crippen LogP contribution in [-0.4, -0.2) is 37.5 Å². The Hall–Kier alpha value is -3.97. The summed E-state index contributed by atoms with van der Waals surface area (Å²) in [7, 11) is 0. The molecule has 0 saturated heterocycles. The predicted molar refractivity (Wildman–Crippen MR) is 146 cm³/mol. The molecule has 0 atom stereocenters. The second-order valence-electron chi connectivity index (χ2n) is 8.93. The van der Waals surface area contributed by atoms with Crippen LogP contribution in [-0.2, 0) is 4.79 Å². The number of carbonyl (C=O) groups excluding carboxylic acids is 1. The van der Waals surface area contributed by atoms with Gasteiger partial charge in [0.15, 0.2) is 11.0 Å². The van der Waals surface area contributed by atoms with Crippen molar-refractivity contribution in [2.75, 3.05) is 5.75 Å². The van der Waals surface area contributed by atoms with Crippen molar-refractivity contribution in [1.82, 2.24) is 25.1 Å². The lowest BCUT2D eigenvalue weighted by Crippen LogP contribution is -2.31. The standard InChI is InChI=1S/C29H27N5OS/c1-19(2)30-27(35)18-36-29-33-32-28(34(29)22-9-5-4-6-10-22)24-17-26(21-15-13-20(3)14-16-21)31-25-12-8-7-11-23(24)25/h4-17,19H,18H2,1-3H3,(H,30,35). The van der Waals surface area contributed by atoms with Gasteiger partial charge >= 0.3 is 0 Å². The Morgan fingerprint density at radius 1 is 0.944 bits per heavy atom. The number of hydrogen-bond acceptors (Lipinski definition) is 5. The average Bonchev–Trinajstić information content (AvgIpc) is 3.31. The molecule has 7 heteroatoms. The molecule has 0 spiro atoms. The van der Waals surface area contributed by atoms with Crippen LogP contribution in [0.5, 0.6) is 0 Å². The summed E-state index contributed by atoms with van der Waals surface area (Å²) in [5, 5.41) is 13.7. The number of rotatable bonds is 7. The van der Waals surface area contributed by atoms with Crippen LogP contribution >= 0.6 is 11.8 Å². The summed E-state index contributed by atoms with van der Waals surface area (Å²) in [6.45, 7) is 5.98. The summed E-state index contributed by atoms with van der Waals surface area (Å²) in [6, 6.07) is 28.6. The van der Waals surface area contributed by atoms with E-state index in [2.05, 4.69) is 58.8 Å². The molecule has 0 fully saturated rings. The van der Waals surface area contributed by atoms with Crippen LogP contribution in [0.2, 0.25) is 0 Å². The molecule has 2 aromatic heterocycles. The molecule has 6 nitrogen and oxygen atoms in total.